The van der Waals surface area contributed by atoms with E-state index < -0.39 is 0 Å². The molecule has 0 radical (unpaired) electrons. The third kappa shape index (κ3) is 3.13. The number of halogens is 1. The smallest absolute Gasteiger partial charge is 0.226 e. The molecule has 0 unspecified atom stereocenters. The predicted octanol–water partition coefficient (Wildman–Crippen LogP) is 2.94. The van der Waals surface area contributed by atoms with Gasteiger partial charge in [-0.05, 0) is 18.2 Å². The first-order chi connectivity index (χ1) is 7.04. The number of hydrogen-bond donors (Lipinski definition) is 1. The normalized spacial score (nSPS) is 10.2. The second kappa shape index (κ2) is 5.03. The SMILES string of the molecule is COc1ccc(NC(=O)C(C)C)cc1Cl. The van der Waals surface area contributed by atoms with Crippen molar-refractivity contribution in [2.75, 3.05) is 12.4 Å². The largest absolute Gasteiger partial charge is 0.495 e. The summed E-state index contributed by atoms with van der Waals surface area (Å²) >= 11 is 5.92. The van der Waals surface area contributed by atoms with Crippen LogP contribution in [0, 0.1) is 5.92 Å². The number of anilines is 1. The molecule has 3 nitrogen and oxygen atoms in total. The molecule has 1 amide bonds. The Bertz CT molecular complexity index is 364. The van der Waals surface area contributed by atoms with Gasteiger partial charge in [-0.1, -0.05) is 25.4 Å². The van der Waals surface area contributed by atoms with E-state index >= 15 is 0 Å². The Morgan fingerprint density at radius 2 is 2.13 bits per heavy atom. The van der Waals surface area contributed by atoms with Crippen molar-refractivity contribution < 1.29 is 9.53 Å². The van der Waals surface area contributed by atoms with Crippen molar-refractivity contribution in [2.45, 2.75) is 13.8 Å². The van der Waals surface area contributed by atoms with Gasteiger partial charge in [-0.25, -0.2) is 0 Å². The Balaban J connectivity index is 2.80. The van der Waals surface area contributed by atoms with Crippen molar-refractivity contribution in [1.82, 2.24) is 0 Å². The number of carbonyl (C=O) groups excluding carboxylic acids is 1. The van der Waals surface area contributed by atoms with E-state index in [-0.39, 0.29) is 11.8 Å². The number of rotatable bonds is 3. The molecule has 0 aromatic heterocycles. The molecule has 0 bridgehead atoms. The first-order valence-corrected chi connectivity index (χ1v) is 5.06. The van der Waals surface area contributed by atoms with Crippen molar-refractivity contribution in [3.8, 4) is 5.75 Å². The van der Waals surface area contributed by atoms with Gasteiger partial charge in [0.2, 0.25) is 5.91 Å². The van der Waals surface area contributed by atoms with E-state index in [9.17, 15) is 4.79 Å². The summed E-state index contributed by atoms with van der Waals surface area (Å²) in [6.07, 6.45) is 0. The standard InChI is InChI=1S/C11H14ClNO2/c1-7(2)11(14)13-8-4-5-10(15-3)9(12)6-8/h4-7H,1-3H3,(H,13,14). The maximum atomic E-state index is 11.4. The molecule has 0 saturated heterocycles. The number of nitrogens with one attached hydrogen (secondary N) is 1. The molecule has 4 heteroatoms. The van der Waals surface area contributed by atoms with Gasteiger partial charge in [0.25, 0.3) is 0 Å². The van der Waals surface area contributed by atoms with Crippen LogP contribution in [0.4, 0.5) is 5.69 Å². The van der Waals surface area contributed by atoms with Gasteiger partial charge in [0.15, 0.2) is 0 Å². The maximum absolute atomic E-state index is 11.4. The molecular formula is C11H14ClNO2. The number of ether oxygens (including phenoxy) is 1. The van der Waals surface area contributed by atoms with Crippen LogP contribution in [0.3, 0.4) is 0 Å². The van der Waals surface area contributed by atoms with E-state index in [1.807, 2.05) is 13.8 Å². The number of benzene rings is 1. The lowest BCUT2D eigenvalue weighted by Gasteiger charge is -2.09. The van der Waals surface area contributed by atoms with Gasteiger partial charge in [0, 0.05) is 11.6 Å². The summed E-state index contributed by atoms with van der Waals surface area (Å²) in [5.74, 6) is 0.515. The highest BCUT2D eigenvalue weighted by atomic mass is 35.5. The van der Waals surface area contributed by atoms with Crippen molar-refractivity contribution in [3.05, 3.63) is 23.2 Å². The average Bonchev–Trinajstić information content (AvgIpc) is 2.18. The summed E-state index contributed by atoms with van der Waals surface area (Å²) in [6.45, 7) is 3.67. The summed E-state index contributed by atoms with van der Waals surface area (Å²) in [5.41, 5.74) is 0.680. The quantitative estimate of drug-likeness (QED) is 0.862. The number of methoxy groups -OCH3 is 1. The molecule has 1 rings (SSSR count). The Kier molecular flexibility index (Phi) is 3.97. The van der Waals surface area contributed by atoms with Crippen LogP contribution in [0.1, 0.15) is 13.8 Å². The second-order valence-corrected chi connectivity index (χ2v) is 3.90. The third-order valence-corrected chi connectivity index (χ3v) is 2.24. The highest BCUT2D eigenvalue weighted by Crippen LogP contribution is 2.27. The van der Waals surface area contributed by atoms with Crippen molar-refractivity contribution >= 4 is 23.2 Å². The third-order valence-electron chi connectivity index (χ3n) is 1.94. The van der Waals surface area contributed by atoms with E-state index in [1.165, 1.54) is 0 Å². The fourth-order valence-corrected chi connectivity index (χ4v) is 1.29. The first kappa shape index (κ1) is 11.9. The number of carbonyl (C=O) groups is 1. The summed E-state index contributed by atoms with van der Waals surface area (Å²) < 4.78 is 5.01. The van der Waals surface area contributed by atoms with Crippen LogP contribution >= 0.6 is 11.6 Å². The van der Waals surface area contributed by atoms with Gasteiger partial charge >= 0.3 is 0 Å². The molecule has 1 N–H and O–H groups in total. The van der Waals surface area contributed by atoms with E-state index in [1.54, 1.807) is 25.3 Å². The van der Waals surface area contributed by atoms with Gasteiger partial charge in [-0.3, -0.25) is 4.79 Å². The fraction of sp³-hybridized carbons (Fsp3) is 0.364. The lowest BCUT2D eigenvalue weighted by atomic mass is 10.2. The summed E-state index contributed by atoms with van der Waals surface area (Å²) in [6, 6.07) is 5.14. The van der Waals surface area contributed by atoms with E-state index in [4.69, 9.17) is 16.3 Å². The first-order valence-electron chi connectivity index (χ1n) is 4.69. The second-order valence-electron chi connectivity index (χ2n) is 3.49. The molecule has 0 aliphatic rings. The molecule has 0 atom stereocenters. The minimum Gasteiger partial charge on any atom is -0.495 e. The lowest BCUT2D eigenvalue weighted by molar-refractivity contribution is -0.118. The Morgan fingerprint density at radius 3 is 2.60 bits per heavy atom. The van der Waals surface area contributed by atoms with Crippen LogP contribution in [0.2, 0.25) is 5.02 Å². The van der Waals surface area contributed by atoms with Crippen LogP contribution in [0.25, 0.3) is 0 Å². The highest BCUT2D eigenvalue weighted by Gasteiger charge is 2.08. The van der Waals surface area contributed by atoms with Crippen LogP contribution in [-0.4, -0.2) is 13.0 Å². The van der Waals surface area contributed by atoms with Crippen molar-refractivity contribution in [1.29, 1.82) is 0 Å². The summed E-state index contributed by atoms with van der Waals surface area (Å²) in [7, 11) is 1.55. The van der Waals surface area contributed by atoms with Gasteiger partial charge < -0.3 is 10.1 Å². The van der Waals surface area contributed by atoms with Gasteiger partial charge in [0.1, 0.15) is 5.75 Å². The molecule has 0 aliphatic heterocycles. The molecule has 0 heterocycles. The van der Waals surface area contributed by atoms with Gasteiger partial charge in [-0.15, -0.1) is 0 Å². The Labute approximate surface area is 94.4 Å². The van der Waals surface area contributed by atoms with Crippen LogP contribution in [0.15, 0.2) is 18.2 Å². The average molecular weight is 228 g/mol. The summed E-state index contributed by atoms with van der Waals surface area (Å²) in [4.78, 5) is 11.4. The molecule has 0 spiro atoms. The van der Waals surface area contributed by atoms with E-state index in [2.05, 4.69) is 5.32 Å². The molecule has 0 saturated carbocycles. The van der Waals surface area contributed by atoms with Crippen LogP contribution in [-0.2, 0) is 4.79 Å². The Morgan fingerprint density at radius 1 is 1.47 bits per heavy atom. The van der Waals surface area contributed by atoms with Crippen LogP contribution in [0.5, 0.6) is 5.75 Å². The van der Waals surface area contributed by atoms with Crippen molar-refractivity contribution in [2.24, 2.45) is 5.92 Å². The van der Waals surface area contributed by atoms with E-state index in [0.717, 1.165) is 0 Å². The van der Waals surface area contributed by atoms with Crippen LogP contribution < -0.4 is 10.1 Å². The molecule has 15 heavy (non-hydrogen) atoms. The molecule has 0 fully saturated rings. The zero-order valence-corrected chi connectivity index (χ0v) is 9.76. The van der Waals surface area contributed by atoms with Gasteiger partial charge in [-0.2, -0.15) is 0 Å². The minimum absolute atomic E-state index is 0.0313. The number of amides is 1. The topological polar surface area (TPSA) is 38.3 Å². The molecule has 1 aromatic carbocycles. The maximum Gasteiger partial charge on any atom is 0.226 e. The van der Waals surface area contributed by atoms with Gasteiger partial charge in [0.05, 0.1) is 12.1 Å². The molecular weight excluding hydrogens is 214 g/mol. The molecule has 0 aliphatic carbocycles. The highest BCUT2D eigenvalue weighted by molar-refractivity contribution is 6.32. The predicted molar refractivity (Wildman–Crippen MR) is 61.5 cm³/mol. The zero-order chi connectivity index (χ0) is 11.4. The molecule has 1 aromatic rings. The number of hydrogen-bond acceptors (Lipinski definition) is 2. The minimum atomic E-state index is -0.0501. The van der Waals surface area contributed by atoms with Crippen molar-refractivity contribution in [3.63, 3.8) is 0 Å². The molecule has 82 valence electrons. The monoisotopic (exact) mass is 227 g/mol. The van der Waals surface area contributed by atoms with E-state index in [0.29, 0.717) is 16.5 Å². The zero-order valence-electron chi connectivity index (χ0n) is 9.00. The Hall–Kier alpha value is -1.22. The fourth-order valence-electron chi connectivity index (χ4n) is 1.03. The summed E-state index contributed by atoms with van der Waals surface area (Å²) in [5, 5.41) is 3.24. The lowest BCUT2D eigenvalue weighted by Crippen LogP contribution is -2.17.